The van der Waals surface area contributed by atoms with Gasteiger partial charge in [-0.25, -0.2) is 0 Å². The van der Waals surface area contributed by atoms with Crippen molar-refractivity contribution in [2.75, 3.05) is 0 Å². The summed E-state index contributed by atoms with van der Waals surface area (Å²) in [6.07, 6.45) is 0.734. The third-order valence-electron chi connectivity index (χ3n) is 0.860. The average molecular weight is 157 g/mol. The maximum Gasteiger partial charge on any atom is 0.473 e. The molecule has 8 nitrogen and oxygen atoms in total. The monoisotopic (exact) mass is 157 g/mol. The lowest BCUT2D eigenvalue weighted by atomic mass is 10.8. The third-order valence-corrected chi connectivity index (χ3v) is 0.860. The molecule has 11 heavy (non-hydrogen) atoms. The highest BCUT2D eigenvalue weighted by Crippen LogP contribution is 2.03. The van der Waals surface area contributed by atoms with Crippen molar-refractivity contribution >= 4 is 5.96 Å². The highest BCUT2D eigenvalue weighted by atomic mass is 16.6. The maximum absolute atomic E-state index is 9.92. The summed E-state index contributed by atoms with van der Waals surface area (Å²) >= 11 is 0. The fraction of sp³-hybridized carbons (Fsp3) is 0. The van der Waals surface area contributed by atoms with Gasteiger partial charge in [0.15, 0.2) is 6.20 Å². The summed E-state index contributed by atoms with van der Waals surface area (Å²) in [6.45, 7) is 0. The summed E-state index contributed by atoms with van der Waals surface area (Å²) in [5, 5.41) is 22.9. The van der Waals surface area contributed by atoms with Crippen molar-refractivity contribution in [1.82, 2.24) is 5.32 Å². The van der Waals surface area contributed by atoms with Crippen LogP contribution >= 0.6 is 0 Å². The first-order chi connectivity index (χ1) is 5.11. The first-order valence-corrected chi connectivity index (χ1v) is 2.40. The van der Waals surface area contributed by atoms with Gasteiger partial charge in [-0.3, -0.25) is 0 Å². The Balaban J connectivity index is 2.79. The van der Waals surface area contributed by atoms with Gasteiger partial charge in [0.05, 0.1) is 0 Å². The summed E-state index contributed by atoms with van der Waals surface area (Å²) in [6, 6.07) is 0. The molecule has 0 fully saturated rings. The van der Waals surface area contributed by atoms with Gasteiger partial charge in [0.2, 0.25) is 0 Å². The number of nitrogens with zero attached hydrogens (tertiary/aromatic N) is 4. The van der Waals surface area contributed by atoms with Crippen LogP contribution in [0, 0.1) is 20.2 Å². The second-order valence-electron chi connectivity index (χ2n) is 1.54. The van der Waals surface area contributed by atoms with E-state index in [4.69, 9.17) is 0 Å². The van der Waals surface area contributed by atoms with Gasteiger partial charge in [-0.05, 0) is 14.8 Å². The Kier molecular flexibility index (Phi) is 1.51. The Bertz CT molecular complexity index is 279. The summed E-state index contributed by atoms with van der Waals surface area (Å²) in [5.74, 6) is -1.37. The van der Waals surface area contributed by atoms with Gasteiger partial charge in [-0.2, -0.15) is 0 Å². The topological polar surface area (TPSA) is 113 Å². The number of hydrogen-bond donors (Lipinski definition) is 0. The molecular weight excluding hydrogens is 156 g/mol. The van der Waals surface area contributed by atoms with Crippen molar-refractivity contribution in [1.29, 1.82) is 0 Å². The molecule has 1 aliphatic heterocycles. The highest BCUT2D eigenvalue weighted by molar-refractivity contribution is 5.75. The molecule has 0 aromatic rings. The van der Waals surface area contributed by atoms with Crippen molar-refractivity contribution in [3.63, 3.8) is 0 Å². The molecule has 1 rings (SSSR count). The fourth-order valence-corrected chi connectivity index (χ4v) is 0.452. The lowest BCUT2D eigenvalue weighted by Crippen LogP contribution is -2.17. The first-order valence-electron chi connectivity index (χ1n) is 2.40. The van der Waals surface area contributed by atoms with E-state index in [2.05, 4.69) is 10.3 Å². The molecule has 1 radical (unpaired) electrons. The van der Waals surface area contributed by atoms with Gasteiger partial charge in [0, 0.05) is 0 Å². The molecule has 57 valence electrons. The zero-order chi connectivity index (χ0) is 8.43. The normalized spacial score (nSPS) is 14.9. The Hall–Kier alpha value is -1.99. The predicted molar refractivity (Wildman–Crippen MR) is 31.6 cm³/mol. The average Bonchev–Trinajstić information content (AvgIpc) is 2.33. The van der Waals surface area contributed by atoms with Crippen molar-refractivity contribution in [2.45, 2.75) is 0 Å². The largest absolute Gasteiger partial charge is 0.473 e. The standard InChI is InChI=1S/C3HN4O4/c8-6(9)2-1-4-3(5-2)7(10)11/h1H. The quantitative estimate of drug-likeness (QED) is 0.370. The zero-order valence-electron chi connectivity index (χ0n) is 5.00. The fourth-order valence-electron chi connectivity index (χ4n) is 0.452. The lowest BCUT2D eigenvalue weighted by Gasteiger charge is -1.87. The molecule has 0 unspecified atom stereocenters. The van der Waals surface area contributed by atoms with Crippen molar-refractivity contribution < 1.29 is 9.85 Å². The van der Waals surface area contributed by atoms with Crippen molar-refractivity contribution in [3.8, 4) is 0 Å². The van der Waals surface area contributed by atoms with E-state index in [1.165, 1.54) is 0 Å². The van der Waals surface area contributed by atoms with E-state index in [9.17, 15) is 20.2 Å². The lowest BCUT2D eigenvalue weighted by molar-refractivity contribution is -0.426. The maximum atomic E-state index is 9.92. The van der Waals surface area contributed by atoms with Crippen molar-refractivity contribution in [3.05, 3.63) is 32.2 Å². The van der Waals surface area contributed by atoms with Gasteiger partial charge in [-0.15, -0.1) is 0 Å². The van der Waals surface area contributed by atoms with Crippen LogP contribution in [0.1, 0.15) is 0 Å². The number of hydrogen-bond acceptors (Lipinski definition) is 5. The molecule has 0 aromatic heterocycles. The second kappa shape index (κ2) is 2.33. The van der Waals surface area contributed by atoms with Gasteiger partial charge < -0.3 is 20.2 Å². The van der Waals surface area contributed by atoms with Crippen LogP contribution in [0.15, 0.2) is 17.0 Å². The molecule has 1 heterocycles. The van der Waals surface area contributed by atoms with Crippen LogP contribution in [0.3, 0.4) is 0 Å². The van der Waals surface area contributed by atoms with E-state index >= 15 is 0 Å². The van der Waals surface area contributed by atoms with Gasteiger partial charge in [-0.1, -0.05) is 5.32 Å². The molecule has 0 N–H and O–H groups in total. The molecule has 0 aliphatic carbocycles. The smallest absolute Gasteiger partial charge is 0.390 e. The van der Waals surface area contributed by atoms with Crippen LogP contribution in [0.4, 0.5) is 0 Å². The second-order valence-corrected chi connectivity index (χ2v) is 1.54. The predicted octanol–water partition coefficient (Wildman–Crippen LogP) is -0.687. The van der Waals surface area contributed by atoms with Crippen LogP contribution in [0.2, 0.25) is 0 Å². The van der Waals surface area contributed by atoms with Gasteiger partial charge in [0.1, 0.15) is 0 Å². The molecule has 0 amide bonds. The van der Waals surface area contributed by atoms with Crippen LogP contribution in [-0.4, -0.2) is 15.8 Å². The number of guanidine groups is 1. The molecule has 0 atom stereocenters. The first kappa shape index (κ1) is 7.12. The number of rotatable bonds is 1. The molecule has 0 bridgehead atoms. The van der Waals surface area contributed by atoms with Gasteiger partial charge in [0.25, 0.3) is 0 Å². The van der Waals surface area contributed by atoms with Crippen LogP contribution in [0.5, 0.6) is 0 Å². The number of aliphatic imine (C=N–C) groups is 1. The molecular formula is C3HN4O4. The van der Waals surface area contributed by atoms with Crippen LogP contribution < -0.4 is 5.32 Å². The summed E-state index contributed by atoms with van der Waals surface area (Å²) in [7, 11) is 0. The molecule has 0 saturated carbocycles. The van der Waals surface area contributed by atoms with E-state index < -0.39 is 21.6 Å². The molecule has 1 aliphatic rings. The zero-order valence-corrected chi connectivity index (χ0v) is 5.00. The van der Waals surface area contributed by atoms with E-state index in [-0.39, 0.29) is 0 Å². The Morgan fingerprint density at radius 2 is 1.91 bits per heavy atom. The van der Waals surface area contributed by atoms with Crippen molar-refractivity contribution in [2.24, 2.45) is 4.99 Å². The summed E-state index contributed by atoms with van der Waals surface area (Å²) in [4.78, 5) is 21.1. The molecule has 0 spiro atoms. The highest BCUT2D eigenvalue weighted by Gasteiger charge is 2.26. The van der Waals surface area contributed by atoms with E-state index in [0.29, 0.717) is 0 Å². The molecule has 0 saturated heterocycles. The third kappa shape index (κ3) is 1.28. The van der Waals surface area contributed by atoms with Crippen LogP contribution in [0.25, 0.3) is 0 Å². The summed E-state index contributed by atoms with van der Waals surface area (Å²) < 4.78 is 0. The minimum Gasteiger partial charge on any atom is -0.390 e. The van der Waals surface area contributed by atoms with Gasteiger partial charge >= 0.3 is 11.8 Å². The van der Waals surface area contributed by atoms with E-state index in [1.54, 1.807) is 0 Å². The molecule has 0 aromatic carbocycles. The Morgan fingerprint density at radius 1 is 1.27 bits per heavy atom. The number of nitro groups is 2. The SMILES string of the molecule is O=[N+]([O-])C1=C[N]C([N+](=O)[O-])=N1. The minimum atomic E-state index is -0.896. The minimum absolute atomic E-state index is 0.614. The van der Waals surface area contributed by atoms with E-state index in [0.717, 1.165) is 6.20 Å². The van der Waals surface area contributed by atoms with Crippen LogP contribution in [-0.2, 0) is 0 Å². The molecule has 8 heteroatoms. The Morgan fingerprint density at radius 3 is 2.18 bits per heavy atom. The summed E-state index contributed by atoms with van der Waals surface area (Å²) in [5.41, 5.74) is 0. The van der Waals surface area contributed by atoms with E-state index in [1.807, 2.05) is 0 Å². The Labute approximate surface area is 59.5 Å².